The summed E-state index contributed by atoms with van der Waals surface area (Å²) in [6.45, 7) is 2.15. The molecule has 0 heterocycles. The zero-order valence-corrected chi connectivity index (χ0v) is 19.7. The molecule has 0 aromatic heterocycles. The number of nitrogens with one attached hydrogen (secondary N) is 1. The van der Waals surface area contributed by atoms with Gasteiger partial charge in [-0.2, -0.15) is 0 Å². The van der Waals surface area contributed by atoms with Gasteiger partial charge in [-0.3, -0.25) is 9.10 Å². The van der Waals surface area contributed by atoms with Crippen LogP contribution in [-0.2, 0) is 27.7 Å². The quantitative estimate of drug-likeness (QED) is 0.601. The summed E-state index contributed by atoms with van der Waals surface area (Å²) in [4.78, 5) is 12.4. The lowest BCUT2D eigenvalue weighted by molar-refractivity contribution is -0.121. The Balaban J connectivity index is 1.57. The van der Waals surface area contributed by atoms with Crippen LogP contribution in [0.15, 0.2) is 36.4 Å². The summed E-state index contributed by atoms with van der Waals surface area (Å²) in [6, 6.07) is 11.1. The van der Waals surface area contributed by atoms with E-state index >= 15 is 0 Å². The van der Waals surface area contributed by atoms with Crippen LogP contribution in [0, 0.1) is 0 Å². The van der Waals surface area contributed by atoms with Crippen molar-refractivity contribution in [3.05, 3.63) is 58.1 Å². The minimum absolute atomic E-state index is 0.0928. The molecule has 1 aliphatic rings. The van der Waals surface area contributed by atoms with Crippen LogP contribution < -0.4 is 14.4 Å². The first-order valence-electron chi connectivity index (χ1n) is 10.4. The van der Waals surface area contributed by atoms with Gasteiger partial charge in [0.2, 0.25) is 15.9 Å². The van der Waals surface area contributed by atoms with E-state index in [1.807, 2.05) is 6.92 Å². The van der Waals surface area contributed by atoms with Gasteiger partial charge in [-0.1, -0.05) is 29.8 Å². The molecule has 2 aromatic carbocycles. The highest BCUT2D eigenvalue weighted by Gasteiger charge is 2.20. The van der Waals surface area contributed by atoms with Crippen LogP contribution in [0.1, 0.15) is 48.9 Å². The topological polar surface area (TPSA) is 75.7 Å². The van der Waals surface area contributed by atoms with E-state index in [9.17, 15) is 13.2 Å². The summed E-state index contributed by atoms with van der Waals surface area (Å²) in [6.07, 6.45) is 5.18. The molecule has 2 aromatic rings. The lowest BCUT2D eigenvalue weighted by Crippen LogP contribution is -2.32. The normalized spacial score (nSPS) is 14.1. The molecule has 1 amide bonds. The van der Waals surface area contributed by atoms with Crippen LogP contribution in [0.4, 0.5) is 5.69 Å². The molecule has 0 spiro atoms. The number of benzene rings is 2. The zero-order chi connectivity index (χ0) is 22.6. The van der Waals surface area contributed by atoms with Gasteiger partial charge < -0.3 is 10.1 Å². The predicted octanol–water partition coefficient (Wildman–Crippen LogP) is 4.26. The van der Waals surface area contributed by atoms with Crippen molar-refractivity contribution in [1.82, 2.24) is 5.32 Å². The minimum atomic E-state index is -3.52. The monoisotopic (exact) mass is 464 g/mol. The first-order valence-corrected chi connectivity index (χ1v) is 12.6. The fraction of sp³-hybridized carbons (Fsp3) is 0.435. The maximum Gasteiger partial charge on any atom is 0.232 e. The van der Waals surface area contributed by atoms with Gasteiger partial charge in [0, 0.05) is 13.0 Å². The first-order chi connectivity index (χ1) is 14.7. The molecular formula is C23H29ClN2O4S. The standard InChI is InChI=1S/C23H29ClN2O4S/c1-16(18-10-9-17-6-4-7-19(17)14-18)25-23(27)8-5-13-26(31(3,28)29)20-11-12-22(30-2)21(24)15-20/h9-12,14-16H,4-8,13H2,1-3H3,(H,25,27)/t16-/m0/s1. The molecule has 0 fully saturated rings. The highest BCUT2D eigenvalue weighted by Crippen LogP contribution is 2.30. The summed E-state index contributed by atoms with van der Waals surface area (Å²) < 4.78 is 30.9. The summed E-state index contributed by atoms with van der Waals surface area (Å²) in [5.74, 6) is 0.369. The summed E-state index contributed by atoms with van der Waals surface area (Å²) in [5.41, 5.74) is 4.32. The number of halogens is 1. The average Bonchev–Trinajstić information content (AvgIpc) is 3.18. The highest BCUT2D eigenvalue weighted by molar-refractivity contribution is 7.92. The Labute approximate surface area is 189 Å². The lowest BCUT2D eigenvalue weighted by atomic mass is 10.0. The summed E-state index contributed by atoms with van der Waals surface area (Å²) >= 11 is 6.15. The number of amides is 1. The predicted molar refractivity (Wildman–Crippen MR) is 124 cm³/mol. The average molecular weight is 465 g/mol. The minimum Gasteiger partial charge on any atom is -0.495 e. The van der Waals surface area contributed by atoms with Crippen LogP contribution in [0.2, 0.25) is 5.02 Å². The van der Waals surface area contributed by atoms with Crippen molar-refractivity contribution in [3.63, 3.8) is 0 Å². The SMILES string of the molecule is COc1ccc(N(CCCC(=O)N[C@@H](C)c2ccc3c(c2)CCC3)S(C)(=O)=O)cc1Cl. The molecule has 0 aliphatic heterocycles. The third-order valence-electron chi connectivity index (χ3n) is 5.59. The molecule has 0 saturated heterocycles. The Hall–Kier alpha value is -2.25. The molecular weight excluding hydrogens is 436 g/mol. The highest BCUT2D eigenvalue weighted by atomic mass is 35.5. The van der Waals surface area contributed by atoms with Crippen molar-refractivity contribution in [2.45, 2.75) is 45.1 Å². The van der Waals surface area contributed by atoms with Crippen LogP contribution in [0.25, 0.3) is 0 Å². The molecule has 31 heavy (non-hydrogen) atoms. The van der Waals surface area contributed by atoms with Gasteiger partial charge >= 0.3 is 0 Å². The lowest BCUT2D eigenvalue weighted by Gasteiger charge is -2.23. The van der Waals surface area contributed by atoms with E-state index in [2.05, 4.69) is 23.5 Å². The molecule has 8 heteroatoms. The second kappa shape index (κ2) is 9.92. The fourth-order valence-corrected chi connectivity index (χ4v) is 5.15. The number of methoxy groups -OCH3 is 1. The van der Waals surface area contributed by atoms with Gasteiger partial charge in [0.1, 0.15) is 5.75 Å². The Morgan fingerprint density at radius 1 is 1.19 bits per heavy atom. The second-order valence-corrected chi connectivity index (χ2v) is 10.2. The maximum atomic E-state index is 12.4. The van der Waals surface area contributed by atoms with E-state index in [0.717, 1.165) is 24.7 Å². The molecule has 0 bridgehead atoms. The number of fused-ring (bicyclic) bond motifs is 1. The number of sulfonamides is 1. The van der Waals surface area contributed by atoms with Gasteiger partial charge in [-0.25, -0.2) is 8.42 Å². The maximum absolute atomic E-state index is 12.4. The number of ether oxygens (including phenoxy) is 1. The van der Waals surface area contributed by atoms with Gasteiger partial charge in [0.25, 0.3) is 0 Å². The number of carbonyl (C=O) groups excluding carboxylic acids is 1. The summed E-state index contributed by atoms with van der Waals surface area (Å²) in [5, 5.41) is 3.35. The molecule has 1 aliphatic carbocycles. The smallest absolute Gasteiger partial charge is 0.232 e. The number of aryl methyl sites for hydroxylation is 2. The van der Waals surface area contributed by atoms with E-state index in [-0.39, 0.29) is 24.9 Å². The van der Waals surface area contributed by atoms with E-state index in [1.165, 1.54) is 29.0 Å². The van der Waals surface area contributed by atoms with Crippen LogP contribution >= 0.6 is 11.6 Å². The van der Waals surface area contributed by atoms with Crippen molar-refractivity contribution in [1.29, 1.82) is 0 Å². The molecule has 3 rings (SSSR count). The zero-order valence-electron chi connectivity index (χ0n) is 18.2. The van der Waals surface area contributed by atoms with Crippen molar-refractivity contribution in [2.24, 2.45) is 0 Å². The molecule has 0 saturated carbocycles. The Morgan fingerprint density at radius 3 is 2.61 bits per heavy atom. The van der Waals surface area contributed by atoms with Gasteiger partial charge in [-0.15, -0.1) is 0 Å². The number of rotatable bonds is 9. The van der Waals surface area contributed by atoms with E-state index in [0.29, 0.717) is 22.9 Å². The van der Waals surface area contributed by atoms with Gasteiger partial charge in [-0.05, 0) is 67.5 Å². The molecule has 168 valence electrons. The molecule has 0 unspecified atom stereocenters. The van der Waals surface area contributed by atoms with Gasteiger partial charge in [0.15, 0.2) is 0 Å². The molecule has 1 N–H and O–H groups in total. The van der Waals surface area contributed by atoms with Crippen molar-refractivity contribution < 1.29 is 17.9 Å². The van der Waals surface area contributed by atoms with Crippen molar-refractivity contribution in [3.8, 4) is 5.75 Å². The second-order valence-electron chi connectivity index (χ2n) is 7.93. The van der Waals surface area contributed by atoms with Crippen LogP contribution in [0.3, 0.4) is 0 Å². The molecule has 0 radical (unpaired) electrons. The van der Waals surface area contributed by atoms with E-state index in [4.69, 9.17) is 16.3 Å². The molecule has 6 nitrogen and oxygen atoms in total. The van der Waals surface area contributed by atoms with E-state index in [1.54, 1.807) is 18.2 Å². The van der Waals surface area contributed by atoms with Crippen molar-refractivity contribution >= 4 is 33.2 Å². The largest absolute Gasteiger partial charge is 0.495 e. The summed E-state index contributed by atoms with van der Waals surface area (Å²) in [7, 11) is -2.02. The van der Waals surface area contributed by atoms with Crippen LogP contribution in [0.5, 0.6) is 5.75 Å². The Morgan fingerprint density at radius 2 is 1.94 bits per heavy atom. The third kappa shape index (κ3) is 5.92. The Kier molecular flexibility index (Phi) is 7.49. The number of hydrogen-bond acceptors (Lipinski definition) is 4. The number of nitrogens with zero attached hydrogens (tertiary/aromatic N) is 1. The van der Waals surface area contributed by atoms with Gasteiger partial charge in [0.05, 0.1) is 30.1 Å². The molecule has 1 atom stereocenters. The van der Waals surface area contributed by atoms with E-state index < -0.39 is 10.0 Å². The third-order valence-corrected chi connectivity index (χ3v) is 7.08. The van der Waals surface area contributed by atoms with Crippen molar-refractivity contribution in [2.75, 3.05) is 24.2 Å². The number of hydrogen-bond donors (Lipinski definition) is 1. The number of anilines is 1. The van der Waals surface area contributed by atoms with Crippen LogP contribution in [-0.4, -0.2) is 34.2 Å². The number of carbonyl (C=O) groups is 1. The first kappa shape index (κ1) is 23.4. The fourth-order valence-electron chi connectivity index (χ4n) is 3.94. The Bertz CT molecular complexity index is 1060.